The quantitative estimate of drug-likeness (QED) is 0.235. The molecule has 0 radical (unpaired) electrons. The minimum absolute atomic E-state index is 0.0635. The Bertz CT molecular complexity index is 1900. The molecular weight excluding hydrogens is 586 g/mol. The van der Waals surface area contributed by atoms with Crippen LogP contribution in [-0.4, -0.2) is 77.5 Å². The highest BCUT2D eigenvalue weighted by atomic mass is 32.2. The maximum Gasteiger partial charge on any atom is 0.269 e. The van der Waals surface area contributed by atoms with E-state index in [0.29, 0.717) is 52.5 Å². The summed E-state index contributed by atoms with van der Waals surface area (Å²) in [6.45, 7) is 2.47. The summed E-state index contributed by atoms with van der Waals surface area (Å²) in [5.41, 5.74) is 1.88. The summed E-state index contributed by atoms with van der Waals surface area (Å²) in [4.78, 5) is 16.1. The van der Waals surface area contributed by atoms with Gasteiger partial charge in [0.25, 0.3) is 10.0 Å². The van der Waals surface area contributed by atoms with Crippen LogP contribution in [0.2, 0.25) is 0 Å². The van der Waals surface area contributed by atoms with Crippen LogP contribution in [0.15, 0.2) is 66.1 Å². The van der Waals surface area contributed by atoms with E-state index in [0.717, 1.165) is 18.4 Å². The van der Waals surface area contributed by atoms with Gasteiger partial charge in [0, 0.05) is 24.9 Å². The number of anilines is 3. The van der Waals surface area contributed by atoms with Crippen LogP contribution in [0.3, 0.4) is 0 Å². The third-order valence-electron chi connectivity index (χ3n) is 7.70. The Balaban J connectivity index is 1.43. The third-order valence-corrected chi connectivity index (χ3v) is 9.38. The number of nitrogens with zero attached hydrogens (tertiary/aromatic N) is 6. The van der Waals surface area contributed by atoms with Crippen LogP contribution >= 0.6 is 0 Å². The van der Waals surface area contributed by atoms with E-state index in [2.05, 4.69) is 10.3 Å². The Kier molecular flexibility index (Phi) is 7.78. The van der Waals surface area contributed by atoms with Gasteiger partial charge in [-0.3, -0.25) is 0 Å². The lowest BCUT2D eigenvalue weighted by molar-refractivity contribution is 0.265. The number of aliphatic hydroxyl groups excluding tert-OH is 1. The molecule has 3 aromatic heterocycles. The van der Waals surface area contributed by atoms with Gasteiger partial charge in [-0.15, -0.1) is 0 Å². The molecule has 13 nitrogen and oxygen atoms in total. The highest BCUT2D eigenvalue weighted by molar-refractivity contribution is 7.90. The molecule has 230 valence electrons. The highest BCUT2D eigenvalue weighted by Crippen LogP contribution is 2.39. The van der Waals surface area contributed by atoms with Gasteiger partial charge in [-0.25, -0.2) is 17.4 Å². The Morgan fingerprint density at radius 1 is 1.02 bits per heavy atom. The number of benzene rings is 2. The first kappa shape index (κ1) is 29.3. The van der Waals surface area contributed by atoms with Crippen molar-refractivity contribution in [2.45, 2.75) is 30.7 Å². The lowest BCUT2D eigenvalue weighted by Gasteiger charge is -2.23. The van der Waals surface area contributed by atoms with Gasteiger partial charge in [-0.05, 0) is 38.0 Å². The lowest BCUT2D eigenvalue weighted by Crippen LogP contribution is -2.33. The molecule has 0 bridgehead atoms. The first-order chi connectivity index (χ1) is 21.3. The number of hydrogen-bond acceptors (Lipinski definition) is 11. The van der Waals surface area contributed by atoms with Gasteiger partial charge in [0.05, 0.1) is 56.1 Å². The third kappa shape index (κ3) is 5.15. The fraction of sp³-hybridized carbons (Fsp3) is 0.300. The van der Waals surface area contributed by atoms with Gasteiger partial charge in [-0.1, -0.05) is 17.7 Å². The van der Waals surface area contributed by atoms with E-state index in [1.807, 2.05) is 11.8 Å². The predicted octanol–water partition coefficient (Wildman–Crippen LogP) is 3.89. The topological polar surface area (TPSA) is 146 Å². The van der Waals surface area contributed by atoms with Crippen molar-refractivity contribution in [3.05, 3.63) is 66.7 Å². The second kappa shape index (κ2) is 11.7. The summed E-state index contributed by atoms with van der Waals surface area (Å²) in [7, 11) is 0.677. The normalized spacial score (nSPS) is 15.1. The van der Waals surface area contributed by atoms with Crippen LogP contribution in [0.25, 0.3) is 16.7 Å². The molecule has 0 aliphatic carbocycles. The first-order valence-electron chi connectivity index (χ1n) is 14.0. The molecular formula is C30H33N7O6S. The molecule has 0 spiro atoms. The summed E-state index contributed by atoms with van der Waals surface area (Å²) in [6.07, 6.45) is 6.50. The number of ether oxygens (including phenoxy) is 3. The molecule has 0 amide bonds. The molecule has 4 heterocycles. The van der Waals surface area contributed by atoms with Crippen molar-refractivity contribution in [2.24, 2.45) is 0 Å². The minimum atomic E-state index is -3.96. The van der Waals surface area contributed by atoms with E-state index in [1.165, 1.54) is 10.2 Å². The van der Waals surface area contributed by atoms with Gasteiger partial charge in [0.2, 0.25) is 11.7 Å². The minimum Gasteiger partial charge on any atom is -0.493 e. The number of methoxy groups -OCH3 is 3. The maximum absolute atomic E-state index is 13.7. The first-order valence-corrected chi connectivity index (χ1v) is 15.4. The van der Waals surface area contributed by atoms with Gasteiger partial charge in [0.1, 0.15) is 18.0 Å². The number of hydrogen-bond donors (Lipinski definition) is 2. The summed E-state index contributed by atoms with van der Waals surface area (Å²) in [6, 6.07) is 11.8. The zero-order chi connectivity index (χ0) is 31.0. The second-order valence-corrected chi connectivity index (χ2v) is 12.2. The van der Waals surface area contributed by atoms with Crippen molar-refractivity contribution < 1.29 is 27.7 Å². The molecule has 44 heavy (non-hydrogen) atoms. The Morgan fingerprint density at radius 2 is 1.75 bits per heavy atom. The van der Waals surface area contributed by atoms with Crippen molar-refractivity contribution in [1.82, 2.24) is 23.5 Å². The molecule has 14 heteroatoms. The van der Waals surface area contributed by atoms with Crippen molar-refractivity contribution >= 4 is 38.6 Å². The Morgan fingerprint density at radius 3 is 2.41 bits per heavy atom. The van der Waals surface area contributed by atoms with Gasteiger partial charge in [-0.2, -0.15) is 9.97 Å². The SMILES string of the molecule is COc1cc(-n2cnc(Nc3nc(N4CCCC4CO)nc4c3ccn4S(=O)(=O)c3ccc(C)cc3)c2)cc(OC)c1OC. The molecule has 2 N–H and O–H groups in total. The fourth-order valence-electron chi connectivity index (χ4n) is 5.38. The summed E-state index contributed by atoms with van der Waals surface area (Å²) in [5, 5.41) is 13.7. The number of rotatable bonds is 10. The smallest absolute Gasteiger partial charge is 0.269 e. The number of aryl methyl sites for hydroxylation is 1. The van der Waals surface area contributed by atoms with Crippen LogP contribution in [0.5, 0.6) is 17.2 Å². The molecule has 1 saturated heterocycles. The largest absolute Gasteiger partial charge is 0.493 e. The highest BCUT2D eigenvalue weighted by Gasteiger charge is 2.29. The zero-order valence-corrected chi connectivity index (χ0v) is 25.6. The molecule has 2 aromatic carbocycles. The second-order valence-electron chi connectivity index (χ2n) is 10.4. The standard InChI is InChI=1S/C30H33N7O6S/c1-19-7-9-22(10-8-19)44(39,40)37-13-11-23-28(33-30(34-29(23)37)36-12-5-6-20(36)17-38)32-26-16-35(18-31-26)21-14-24(41-2)27(43-4)25(15-21)42-3/h7-11,13-16,18,20,38H,5-6,12,17H2,1-4H3,(H,32,33,34). The molecule has 1 fully saturated rings. The Hall–Kier alpha value is -4.82. The lowest BCUT2D eigenvalue weighted by atomic mass is 10.2. The van der Waals surface area contributed by atoms with Crippen molar-refractivity contribution in [3.63, 3.8) is 0 Å². The number of aromatic nitrogens is 5. The maximum atomic E-state index is 13.7. The average molecular weight is 620 g/mol. The monoisotopic (exact) mass is 619 g/mol. The molecule has 1 atom stereocenters. The molecule has 5 aromatic rings. The molecule has 1 aliphatic heterocycles. The molecule has 1 unspecified atom stereocenters. The van der Waals surface area contributed by atoms with E-state index < -0.39 is 10.0 Å². The van der Waals surface area contributed by atoms with Gasteiger partial charge >= 0.3 is 0 Å². The van der Waals surface area contributed by atoms with Crippen LogP contribution in [0.1, 0.15) is 18.4 Å². The van der Waals surface area contributed by atoms with E-state index in [1.54, 1.807) is 80.9 Å². The predicted molar refractivity (Wildman–Crippen MR) is 165 cm³/mol. The van der Waals surface area contributed by atoms with Crippen molar-refractivity contribution in [1.29, 1.82) is 0 Å². The zero-order valence-electron chi connectivity index (χ0n) is 24.8. The van der Waals surface area contributed by atoms with E-state index in [-0.39, 0.29) is 23.2 Å². The van der Waals surface area contributed by atoms with E-state index in [9.17, 15) is 13.5 Å². The molecule has 1 aliphatic rings. The van der Waals surface area contributed by atoms with Crippen LogP contribution < -0.4 is 24.4 Å². The van der Waals surface area contributed by atoms with Crippen LogP contribution in [0, 0.1) is 6.92 Å². The van der Waals surface area contributed by atoms with Gasteiger partial charge in [0.15, 0.2) is 17.1 Å². The fourth-order valence-corrected chi connectivity index (χ4v) is 6.67. The van der Waals surface area contributed by atoms with Crippen LogP contribution in [0.4, 0.5) is 17.6 Å². The van der Waals surface area contributed by atoms with E-state index >= 15 is 0 Å². The summed E-state index contributed by atoms with van der Waals surface area (Å²) in [5.74, 6) is 2.61. The molecule has 6 rings (SSSR count). The Labute approximate surface area is 254 Å². The summed E-state index contributed by atoms with van der Waals surface area (Å²) >= 11 is 0. The van der Waals surface area contributed by atoms with Crippen molar-refractivity contribution in [3.8, 4) is 22.9 Å². The average Bonchev–Trinajstić information content (AvgIpc) is 3.80. The van der Waals surface area contributed by atoms with Gasteiger partial charge < -0.3 is 34.1 Å². The number of imidazole rings is 1. The summed E-state index contributed by atoms with van der Waals surface area (Å²) < 4.78 is 46.8. The van der Waals surface area contributed by atoms with Crippen molar-refractivity contribution in [2.75, 3.05) is 44.7 Å². The molecule has 0 saturated carbocycles. The number of fused-ring (bicyclic) bond motifs is 1. The van der Waals surface area contributed by atoms with Crippen LogP contribution in [-0.2, 0) is 10.0 Å². The number of aliphatic hydroxyl groups is 1. The number of nitrogens with one attached hydrogen (secondary N) is 1. The van der Waals surface area contributed by atoms with E-state index in [4.69, 9.17) is 24.2 Å².